The van der Waals surface area contributed by atoms with Crippen molar-refractivity contribution in [2.24, 2.45) is 0 Å². The van der Waals surface area contributed by atoms with Crippen LogP contribution in [0.5, 0.6) is 0 Å². The minimum absolute atomic E-state index is 0.504. The fraction of sp³-hybridized carbons (Fsp3) is 0.211. The number of rotatable bonds is 6. The third-order valence-electron chi connectivity index (χ3n) is 3.77. The SMILES string of the molecule is Cc1ccc(Cn2cnc(NC(=S)NCCc3ccccc3)n2)cc1. The van der Waals surface area contributed by atoms with Gasteiger partial charge in [0.15, 0.2) is 5.11 Å². The van der Waals surface area contributed by atoms with Gasteiger partial charge in [-0.2, -0.15) is 0 Å². The lowest BCUT2D eigenvalue weighted by molar-refractivity contribution is 0.687. The normalized spacial score (nSPS) is 10.4. The summed E-state index contributed by atoms with van der Waals surface area (Å²) in [6, 6.07) is 18.7. The van der Waals surface area contributed by atoms with Gasteiger partial charge in [-0.1, -0.05) is 60.2 Å². The van der Waals surface area contributed by atoms with Gasteiger partial charge in [0.05, 0.1) is 6.54 Å². The molecule has 0 aliphatic rings. The Morgan fingerprint density at radius 2 is 1.80 bits per heavy atom. The maximum Gasteiger partial charge on any atom is 0.248 e. The van der Waals surface area contributed by atoms with Gasteiger partial charge in [-0.3, -0.25) is 5.32 Å². The maximum atomic E-state index is 5.29. The summed E-state index contributed by atoms with van der Waals surface area (Å²) in [6.45, 7) is 3.52. The van der Waals surface area contributed by atoms with Crippen LogP contribution >= 0.6 is 12.2 Å². The Morgan fingerprint density at radius 3 is 2.56 bits per heavy atom. The zero-order valence-electron chi connectivity index (χ0n) is 14.1. The van der Waals surface area contributed by atoms with Crippen molar-refractivity contribution in [2.45, 2.75) is 19.9 Å². The smallest absolute Gasteiger partial charge is 0.248 e. The molecule has 0 atom stereocenters. The van der Waals surface area contributed by atoms with Gasteiger partial charge in [-0.25, -0.2) is 9.67 Å². The molecule has 0 fully saturated rings. The Hall–Kier alpha value is -2.73. The first kappa shape index (κ1) is 17.1. The summed E-state index contributed by atoms with van der Waals surface area (Å²) in [4.78, 5) is 4.25. The van der Waals surface area contributed by atoms with Crippen LogP contribution < -0.4 is 10.6 Å². The van der Waals surface area contributed by atoms with E-state index in [2.05, 4.69) is 64.0 Å². The second-order valence-electron chi connectivity index (χ2n) is 5.87. The van der Waals surface area contributed by atoms with E-state index in [1.54, 1.807) is 11.0 Å². The van der Waals surface area contributed by atoms with Crippen molar-refractivity contribution in [1.29, 1.82) is 0 Å². The van der Waals surface area contributed by atoms with E-state index in [0.717, 1.165) is 13.0 Å². The number of nitrogens with zero attached hydrogens (tertiary/aromatic N) is 3. The van der Waals surface area contributed by atoms with Gasteiger partial charge >= 0.3 is 0 Å². The van der Waals surface area contributed by atoms with E-state index < -0.39 is 0 Å². The fourth-order valence-corrected chi connectivity index (χ4v) is 2.61. The van der Waals surface area contributed by atoms with Gasteiger partial charge in [-0.05, 0) is 36.7 Å². The Morgan fingerprint density at radius 1 is 1.04 bits per heavy atom. The fourth-order valence-electron chi connectivity index (χ4n) is 2.42. The van der Waals surface area contributed by atoms with Crippen LogP contribution in [-0.4, -0.2) is 26.4 Å². The van der Waals surface area contributed by atoms with Gasteiger partial charge in [-0.15, -0.1) is 5.10 Å². The molecule has 5 nitrogen and oxygen atoms in total. The average Bonchev–Trinajstić information content (AvgIpc) is 3.05. The van der Waals surface area contributed by atoms with Crippen molar-refractivity contribution in [3.05, 3.63) is 77.6 Å². The third-order valence-corrected chi connectivity index (χ3v) is 4.02. The van der Waals surface area contributed by atoms with Crippen LogP contribution in [0.15, 0.2) is 60.9 Å². The standard InChI is InChI=1S/C19H21N5S/c1-15-7-9-17(10-8-15)13-24-14-21-18(23-24)22-19(25)20-12-11-16-5-3-2-4-6-16/h2-10,14H,11-13H2,1H3,(H2,20,22,23,25). The number of nitrogens with one attached hydrogen (secondary N) is 2. The molecular formula is C19H21N5S. The van der Waals surface area contributed by atoms with Crippen LogP contribution in [0, 0.1) is 6.92 Å². The molecule has 6 heteroatoms. The molecule has 0 radical (unpaired) electrons. The molecule has 0 aliphatic carbocycles. The molecule has 1 heterocycles. The number of hydrogen-bond donors (Lipinski definition) is 2. The monoisotopic (exact) mass is 351 g/mol. The minimum atomic E-state index is 0.504. The van der Waals surface area contributed by atoms with E-state index in [1.807, 2.05) is 18.2 Å². The summed E-state index contributed by atoms with van der Waals surface area (Å²) in [5, 5.41) is 11.1. The topological polar surface area (TPSA) is 54.8 Å². The van der Waals surface area contributed by atoms with Crippen LogP contribution in [0.2, 0.25) is 0 Å². The third kappa shape index (κ3) is 5.39. The van der Waals surface area contributed by atoms with E-state index in [-0.39, 0.29) is 0 Å². The summed E-state index contributed by atoms with van der Waals surface area (Å²) in [6.07, 6.45) is 2.62. The van der Waals surface area contributed by atoms with Crippen LogP contribution in [0.1, 0.15) is 16.7 Å². The number of aryl methyl sites for hydroxylation is 1. The predicted octanol–water partition coefficient (Wildman–Crippen LogP) is 3.16. The van der Waals surface area contributed by atoms with Gasteiger partial charge in [0.2, 0.25) is 5.95 Å². The molecule has 0 aliphatic heterocycles. The molecule has 0 saturated heterocycles. The lowest BCUT2D eigenvalue weighted by atomic mass is 10.1. The number of thiocarbonyl (C=S) groups is 1. The molecule has 3 rings (SSSR count). The summed E-state index contributed by atoms with van der Waals surface area (Å²) in [5.41, 5.74) is 3.71. The molecule has 0 bridgehead atoms. The van der Waals surface area contributed by atoms with Crippen LogP contribution in [0.3, 0.4) is 0 Å². The molecule has 128 valence electrons. The minimum Gasteiger partial charge on any atom is -0.362 e. The number of aromatic nitrogens is 3. The van der Waals surface area contributed by atoms with Gasteiger partial charge in [0, 0.05) is 6.54 Å². The second-order valence-corrected chi connectivity index (χ2v) is 6.28. The van der Waals surface area contributed by atoms with Crippen molar-refractivity contribution < 1.29 is 0 Å². The van der Waals surface area contributed by atoms with Gasteiger partial charge < -0.3 is 5.32 Å². The average molecular weight is 351 g/mol. The Kier molecular flexibility index (Phi) is 5.74. The van der Waals surface area contributed by atoms with Crippen molar-refractivity contribution in [3.8, 4) is 0 Å². The lowest BCUT2D eigenvalue weighted by Gasteiger charge is -2.07. The Balaban J connectivity index is 1.45. The Bertz CT molecular complexity index is 811. The second kappa shape index (κ2) is 8.39. The molecule has 0 saturated carbocycles. The molecular weight excluding hydrogens is 330 g/mol. The van der Waals surface area contributed by atoms with Crippen molar-refractivity contribution in [2.75, 3.05) is 11.9 Å². The quantitative estimate of drug-likeness (QED) is 0.668. The largest absolute Gasteiger partial charge is 0.362 e. The molecule has 1 aromatic heterocycles. The molecule has 0 amide bonds. The lowest BCUT2D eigenvalue weighted by Crippen LogP contribution is -2.30. The van der Waals surface area contributed by atoms with E-state index in [9.17, 15) is 0 Å². The summed E-state index contributed by atoms with van der Waals surface area (Å²) in [7, 11) is 0. The highest BCUT2D eigenvalue weighted by Gasteiger charge is 2.04. The first-order valence-electron chi connectivity index (χ1n) is 8.23. The summed E-state index contributed by atoms with van der Waals surface area (Å²) >= 11 is 5.29. The van der Waals surface area contributed by atoms with Crippen molar-refractivity contribution in [3.63, 3.8) is 0 Å². The summed E-state index contributed by atoms with van der Waals surface area (Å²) in [5.74, 6) is 0.504. The van der Waals surface area contributed by atoms with E-state index in [0.29, 0.717) is 17.6 Å². The van der Waals surface area contributed by atoms with Crippen LogP contribution in [0.25, 0.3) is 0 Å². The molecule has 25 heavy (non-hydrogen) atoms. The molecule has 0 spiro atoms. The molecule has 2 N–H and O–H groups in total. The number of anilines is 1. The molecule has 3 aromatic rings. The van der Waals surface area contributed by atoms with E-state index in [4.69, 9.17) is 12.2 Å². The summed E-state index contributed by atoms with van der Waals surface area (Å²) < 4.78 is 1.79. The predicted molar refractivity (Wildman–Crippen MR) is 105 cm³/mol. The zero-order valence-corrected chi connectivity index (χ0v) is 15.0. The first-order valence-corrected chi connectivity index (χ1v) is 8.63. The highest BCUT2D eigenvalue weighted by molar-refractivity contribution is 7.80. The first-order chi connectivity index (χ1) is 12.2. The Labute approximate surface area is 153 Å². The van der Waals surface area contributed by atoms with Gasteiger partial charge in [0.25, 0.3) is 0 Å². The highest BCUT2D eigenvalue weighted by atomic mass is 32.1. The van der Waals surface area contributed by atoms with Gasteiger partial charge in [0.1, 0.15) is 6.33 Å². The zero-order chi connectivity index (χ0) is 17.5. The van der Waals surface area contributed by atoms with Crippen molar-refractivity contribution >= 4 is 23.3 Å². The molecule has 0 unspecified atom stereocenters. The van der Waals surface area contributed by atoms with Crippen molar-refractivity contribution in [1.82, 2.24) is 20.1 Å². The molecule has 2 aromatic carbocycles. The van der Waals surface area contributed by atoms with Crippen LogP contribution in [-0.2, 0) is 13.0 Å². The number of benzene rings is 2. The van der Waals surface area contributed by atoms with E-state index >= 15 is 0 Å². The number of hydrogen-bond acceptors (Lipinski definition) is 3. The highest BCUT2D eigenvalue weighted by Crippen LogP contribution is 2.06. The maximum absolute atomic E-state index is 5.29. The van der Waals surface area contributed by atoms with E-state index in [1.165, 1.54) is 16.7 Å². The van der Waals surface area contributed by atoms with Crippen LogP contribution in [0.4, 0.5) is 5.95 Å².